The van der Waals surface area contributed by atoms with E-state index in [1.54, 1.807) is 24.3 Å². The van der Waals surface area contributed by atoms with Crippen LogP contribution in [0.25, 0.3) is 28.4 Å². The summed E-state index contributed by atoms with van der Waals surface area (Å²) >= 11 is 10.5. The maximum Gasteiger partial charge on any atom is 0.342 e. The van der Waals surface area contributed by atoms with Gasteiger partial charge in [-0.15, -0.1) is 10.2 Å². The quantitative estimate of drug-likeness (QED) is 0.148. The molecule has 0 amide bonds. The molecule has 0 spiro atoms. The molecule has 5 rings (SSSR count). The number of halogens is 2. The standard InChI is InChI=1S/C27H19BrClN3O4S/c1-35-23-11-10-19(29)13-21(23)25-30-31-27(36-25)37-24(26(33)34)12-17-15-32(22-5-3-2-4-20(17)22)14-16-6-8-18(28)9-7-16/h2-13,15H,14H2,1H3,(H,33,34)/b24-12-. The highest BCUT2D eigenvalue weighted by Crippen LogP contribution is 2.35. The second-order valence-corrected chi connectivity index (χ2v) is 10.3. The van der Waals surface area contributed by atoms with Crippen molar-refractivity contribution in [3.05, 3.63) is 98.5 Å². The van der Waals surface area contributed by atoms with Crippen LogP contribution in [0.3, 0.4) is 0 Å². The molecular formula is C27H19BrClN3O4S. The third-order valence-electron chi connectivity index (χ3n) is 5.58. The Morgan fingerprint density at radius 1 is 1.16 bits per heavy atom. The molecule has 0 bridgehead atoms. The van der Waals surface area contributed by atoms with Crippen LogP contribution in [0, 0.1) is 0 Å². The molecule has 186 valence electrons. The van der Waals surface area contributed by atoms with E-state index >= 15 is 0 Å². The van der Waals surface area contributed by atoms with Crippen LogP contribution in [0.2, 0.25) is 5.02 Å². The van der Waals surface area contributed by atoms with Crippen molar-refractivity contribution < 1.29 is 19.1 Å². The van der Waals surface area contributed by atoms with E-state index in [4.69, 9.17) is 20.8 Å². The van der Waals surface area contributed by atoms with Gasteiger partial charge in [0.2, 0.25) is 0 Å². The Labute approximate surface area is 229 Å². The largest absolute Gasteiger partial charge is 0.496 e. The van der Waals surface area contributed by atoms with E-state index in [0.29, 0.717) is 22.9 Å². The van der Waals surface area contributed by atoms with Gasteiger partial charge in [0, 0.05) is 38.7 Å². The summed E-state index contributed by atoms with van der Waals surface area (Å²) in [5.74, 6) is -0.412. The predicted octanol–water partition coefficient (Wildman–Crippen LogP) is 7.38. The first kappa shape index (κ1) is 25.1. The summed E-state index contributed by atoms with van der Waals surface area (Å²) in [5.41, 5.74) is 3.42. The molecule has 2 aromatic heterocycles. The third kappa shape index (κ3) is 5.58. The molecule has 2 heterocycles. The maximum absolute atomic E-state index is 12.2. The van der Waals surface area contributed by atoms with Crippen LogP contribution in [-0.4, -0.2) is 33.0 Å². The summed E-state index contributed by atoms with van der Waals surface area (Å²) in [6.45, 7) is 0.645. The van der Waals surface area contributed by atoms with Gasteiger partial charge in [-0.3, -0.25) is 0 Å². The Balaban J connectivity index is 1.47. The number of aromatic nitrogens is 3. The number of hydrogen-bond acceptors (Lipinski definition) is 6. The Hall–Kier alpha value is -3.53. The zero-order valence-electron chi connectivity index (χ0n) is 19.4. The van der Waals surface area contributed by atoms with Crippen LogP contribution < -0.4 is 4.74 Å². The first-order valence-electron chi connectivity index (χ1n) is 11.0. The zero-order chi connectivity index (χ0) is 25.9. The van der Waals surface area contributed by atoms with Crippen LogP contribution in [0.4, 0.5) is 0 Å². The van der Waals surface area contributed by atoms with Crippen LogP contribution in [-0.2, 0) is 11.3 Å². The molecule has 0 radical (unpaired) electrons. The number of fused-ring (bicyclic) bond motifs is 1. The molecule has 0 saturated carbocycles. The van der Waals surface area contributed by atoms with Gasteiger partial charge in [-0.1, -0.05) is 57.9 Å². The molecule has 0 saturated heterocycles. The number of para-hydroxylation sites is 1. The minimum absolute atomic E-state index is 0.0415. The number of carbonyl (C=O) groups is 1. The Morgan fingerprint density at radius 2 is 1.95 bits per heavy atom. The number of hydrogen-bond donors (Lipinski definition) is 1. The topological polar surface area (TPSA) is 90.4 Å². The van der Waals surface area contributed by atoms with Crippen LogP contribution in [0.1, 0.15) is 11.1 Å². The molecule has 1 N–H and O–H groups in total. The van der Waals surface area contributed by atoms with E-state index < -0.39 is 5.97 Å². The molecule has 0 atom stereocenters. The summed E-state index contributed by atoms with van der Waals surface area (Å²) in [5, 5.41) is 19.5. The second kappa shape index (κ2) is 10.8. The fourth-order valence-electron chi connectivity index (χ4n) is 3.88. The SMILES string of the molecule is COc1ccc(Cl)cc1-c1nnc(S/C(=C\c2cn(Cc3ccc(Br)cc3)c3ccccc23)C(=O)O)o1. The van der Waals surface area contributed by atoms with Crippen molar-refractivity contribution in [1.82, 2.24) is 14.8 Å². The van der Waals surface area contributed by atoms with Crippen molar-refractivity contribution in [2.45, 2.75) is 11.8 Å². The number of ether oxygens (including phenoxy) is 1. The Morgan fingerprint density at radius 3 is 2.70 bits per heavy atom. The summed E-state index contributed by atoms with van der Waals surface area (Å²) in [6.07, 6.45) is 3.57. The van der Waals surface area contributed by atoms with Gasteiger partial charge in [0.25, 0.3) is 11.1 Å². The second-order valence-electron chi connectivity index (χ2n) is 7.99. The van der Waals surface area contributed by atoms with E-state index in [1.165, 1.54) is 7.11 Å². The van der Waals surface area contributed by atoms with E-state index in [9.17, 15) is 9.90 Å². The molecule has 0 unspecified atom stereocenters. The van der Waals surface area contributed by atoms with Gasteiger partial charge >= 0.3 is 5.97 Å². The average molecular weight is 597 g/mol. The van der Waals surface area contributed by atoms with Crippen molar-refractivity contribution in [2.75, 3.05) is 7.11 Å². The lowest BCUT2D eigenvalue weighted by Crippen LogP contribution is -1.98. The van der Waals surface area contributed by atoms with Crippen LogP contribution in [0.5, 0.6) is 5.75 Å². The highest BCUT2D eigenvalue weighted by molar-refractivity contribution is 9.10. The lowest BCUT2D eigenvalue weighted by molar-refractivity contribution is -0.131. The van der Waals surface area contributed by atoms with Crippen molar-refractivity contribution in [2.24, 2.45) is 0 Å². The van der Waals surface area contributed by atoms with Crippen molar-refractivity contribution in [3.8, 4) is 17.2 Å². The number of carboxylic acids is 1. The number of methoxy groups -OCH3 is 1. The molecular weight excluding hydrogens is 578 g/mol. The van der Waals surface area contributed by atoms with Crippen molar-refractivity contribution in [1.29, 1.82) is 0 Å². The molecule has 0 aliphatic heterocycles. The van der Waals surface area contributed by atoms with Gasteiger partial charge in [-0.2, -0.15) is 0 Å². The maximum atomic E-state index is 12.2. The normalized spacial score (nSPS) is 11.7. The van der Waals surface area contributed by atoms with Gasteiger partial charge in [-0.05, 0) is 59.8 Å². The first-order valence-corrected chi connectivity index (χ1v) is 13.0. The van der Waals surface area contributed by atoms with E-state index in [2.05, 4.69) is 42.8 Å². The predicted molar refractivity (Wildman–Crippen MR) is 148 cm³/mol. The van der Waals surface area contributed by atoms with Crippen molar-refractivity contribution in [3.63, 3.8) is 0 Å². The van der Waals surface area contributed by atoms with Gasteiger partial charge in [0.15, 0.2) is 0 Å². The summed E-state index contributed by atoms with van der Waals surface area (Å²) in [7, 11) is 1.53. The third-order valence-corrected chi connectivity index (χ3v) is 7.19. The molecule has 10 heteroatoms. The van der Waals surface area contributed by atoms with E-state index in [0.717, 1.165) is 38.3 Å². The van der Waals surface area contributed by atoms with Gasteiger partial charge < -0.3 is 18.8 Å². The summed E-state index contributed by atoms with van der Waals surface area (Å²) in [4.78, 5) is 12.2. The number of thioether (sulfide) groups is 1. The Bertz CT molecular complexity index is 1630. The van der Waals surface area contributed by atoms with Gasteiger partial charge in [0.1, 0.15) is 10.7 Å². The lowest BCUT2D eigenvalue weighted by atomic mass is 10.1. The van der Waals surface area contributed by atoms with E-state index in [1.807, 2.05) is 42.6 Å². The van der Waals surface area contributed by atoms with Gasteiger partial charge in [-0.25, -0.2) is 4.79 Å². The smallest absolute Gasteiger partial charge is 0.342 e. The number of carboxylic acid groups (broad SMARTS) is 1. The molecule has 3 aromatic carbocycles. The van der Waals surface area contributed by atoms with Crippen LogP contribution in [0.15, 0.2) is 91.9 Å². The number of benzene rings is 3. The summed E-state index contributed by atoms with van der Waals surface area (Å²) < 4.78 is 14.2. The zero-order valence-corrected chi connectivity index (χ0v) is 22.5. The molecule has 5 aromatic rings. The first-order chi connectivity index (χ1) is 17.9. The molecule has 0 aliphatic carbocycles. The minimum Gasteiger partial charge on any atom is -0.496 e. The fourth-order valence-corrected chi connectivity index (χ4v) is 4.98. The minimum atomic E-state index is -1.10. The van der Waals surface area contributed by atoms with Gasteiger partial charge in [0.05, 0.1) is 12.7 Å². The summed E-state index contributed by atoms with van der Waals surface area (Å²) in [6, 6.07) is 21.0. The van der Waals surface area contributed by atoms with Crippen LogP contribution >= 0.6 is 39.3 Å². The average Bonchev–Trinajstić information content (AvgIpc) is 3.50. The Kier molecular flexibility index (Phi) is 7.36. The lowest BCUT2D eigenvalue weighted by Gasteiger charge is -2.05. The highest BCUT2D eigenvalue weighted by Gasteiger charge is 2.19. The number of aliphatic carboxylic acids is 1. The fraction of sp³-hybridized carbons (Fsp3) is 0.0741. The molecule has 0 aliphatic rings. The molecule has 37 heavy (non-hydrogen) atoms. The number of nitrogens with zero attached hydrogens (tertiary/aromatic N) is 3. The molecule has 0 fully saturated rings. The highest BCUT2D eigenvalue weighted by atomic mass is 79.9. The number of rotatable bonds is 8. The van der Waals surface area contributed by atoms with E-state index in [-0.39, 0.29) is 16.0 Å². The molecule has 7 nitrogen and oxygen atoms in total. The monoisotopic (exact) mass is 595 g/mol. The van der Waals surface area contributed by atoms with Crippen molar-refractivity contribution >= 4 is 62.2 Å².